The van der Waals surface area contributed by atoms with E-state index in [0.717, 1.165) is 31.4 Å². The molecule has 4 N–H and O–H groups in total. The van der Waals surface area contributed by atoms with Gasteiger partial charge in [0.05, 0.1) is 12.6 Å². The molecule has 51 heavy (non-hydrogen) atoms. The van der Waals surface area contributed by atoms with Gasteiger partial charge in [0.2, 0.25) is 11.8 Å². The van der Waals surface area contributed by atoms with Crippen LogP contribution >= 0.6 is 11.3 Å². The summed E-state index contributed by atoms with van der Waals surface area (Å²) in [6, 6.07) is 7.62. The van der Waals surface area contributed by atoms with Crippen LogP contribution in [0.4, 0.5) is 0 Å². The van der Waals surface area contributed by atoms with Crippen molar-refractivity contribution in [2.75, 3.05) is 20.2 Å². The van der Waals surface area contributed by atoms with Crippen molar-refractivity contribution >= 4 is 41.3 Å². The molecule has 0 spiro atoms. The number of piperidine rings is 1. The molecule has 1 aliphatic rings. The van der Waals surface area contributed by atoms with Crippen LogP contribution in [-0.2, 0) is 30.3 Å². The Morgan fingerprint density at radius 1 is 1.16 bits per heavy atom. The van der Waals surface area contributed by atoms with Crippen LogP contribution in [0.5, 0.6) is 0 Å². The third kappa shape index (κ3) is 12.2. The maximum absolute atomic E-state index is 14.1. The van der Waals surface area contributed by atoms with Crippen LogP contribution in [0.3, 0.4) is 0 Å². The fraction of sp³-hybridized carbons (Fsp3) is 0.632. The van der Waals surface area contributed by atoms with E-state index in [9.17, 15) is 29.1 Å². The SMILES string of the molecule is CC[C@H](C)[C@H](NC(=O)[C@H]1CCCCN1)C(=O)N(C)[C@H](C[C@@H](OC(C)=O)c1nc(C(=O)N[C@@H](Cc2ccccc2)C[C@@](C)(C=O)CO)cs1)C(C)C. The van der Waals surface area contributed by atoms with Crippen LogP contribution < -0.4 is 16.0 Å². The van der Waals surface area contributed by atoms with Crippen LogP contribution in [0.2, 0.25) is 0 Å². The molecule has 1 saturated heterocycles. The Bertz CT molecular complexity index is 1450. The highest BCUT2D eigenvalue weighted by Gasteiger charge is 2.37. The van der Waals surface area contributed by atoms with Crippen molar-refractivity contribution in [3.63, 3.8) is 0 Å². The monoisotopic (exact) mass is 727 g/mol. The number of aromatic nitrogens is 1. The number of thiazole rings is 1. The van der Waals surface area contributed by atoms with E-state index in [2.05, 4.69) is 20.9 Å². The summed E-state index contributed by atoms with van der Waals surface area (Å²) >= 11 is 1.18. The number of aldehydes is 1. The van der Waals surface area contributed by atoms with Crippen LogP contribution in [-0.4, -0.2) is 89.3 Å². The summed E-state index contributed by atoms with van der Waals surface area (Å²) in [7, 11) is 1.71. The number of esters is 1. The number of hydrogen-bond acceptors (Lipinski definition) is 10. The lowest BCUT2D eigenvalue weighted by atomic mass is 9.84. The number of carbonyl (C=O) groups excluding carboxylic acids is 5. The zero-order chi connectivity index (χ0) is 37.7. The van der Waals surface area contributed by atoms with Gasteiger partial charge in [-0.05, 0) is 49.6 Å². The van der Waals surface area contributed by atoms with Gasteiger partial charge >= 0.3 is 5.97 Å². The topological polar surface area (TPSA) is 167 Å². The molecular weight excluding hydrogens is 671 g/mol. The van der Waals surface area contributed by atoms with E-state index in [1.807, 2.05) is 58.0 Å². The molecule has 1 aromatic heterocycles. The fourth-order valence-corrected chi connectivity index (χ4v) is 7.32. The minimum Gasteiger partial charge on any atom is -0.455 e. The second-order valence-electron chi connectivity index (χ2n) is 14.5. The zero-order valence-corrected chi connectivity index (χ0v) is 32.0. The van der Waals surface area contributed by atoms with Crippen molar-refractivity contribution in [3.05, 3.63) is 52.0 Å². The van der Waals surface area contributed by atoms with Crippen molar-refractivity contribution in [2.45, 2.75) is 117 Å². The highest BCUT2D eigenvalue weighted by molar-refractivity contribution is 7.09. The van der Waals surface area contributed by atoms with Crippen molar-refractivity contribution in [1.29, 1.82) is 0 Å². The summed E-state index contributed by atoms with van der Waals surface area (Å²) in [6.45, 7) is 11.3. The molecule has 3 rings (SSSR count). The number of benzene rings is 1. The largest absolute Gasteiger partial charge is 0.455 e. The smallest absolute Gasteiger partial charge is 0.303 e. The van der Waals surface area contributed by atoms with Crippen molar-refractivity contribution in [2.24, 2.45) is 17.3 Å². The summed E-state index contributed by atoms with van der Waals surface area (Å²) < 4.78 is 5.76. The Balaban J connectivity index is 1.82. The number of hydrogen-bond donors (Lipinski definition) is 4. The number of aliphatic hydroxyl groups is 1. The molecule has 2 aromatic rings. The maximum Gasteiger partial charge on any atom is 0.303 e. The first kappa shape index (κ1) is 41.7. The molecule has 12 nitrogen and oxygen atoms in total. The van der Waals surface area contributed by atoms with Crippen LogP contribution in [0.25, 0.3) is 0 Å². The lowest BCUT2D eigenvalue weighted by Crippen LogP contribution is -2.57. The number of likely N-dealkylation sites (N-methyl/N-ethyl adjacent to an activating group) is 1. The lowest BCUT2D eigenvalue weighted by molar-refractivity contribution is -0.149. The van der Waals surface area contributed by atoms with Gasteiger partial charge in [-0.3, -0.25) is 19.2 Å². The molecule has 1 aromatic carbocycles. The molecule has 2 heterocycles. The average Bonchev–Trinajstić information content (AvgIpc) is 3.62. The average molecular weight is 728 g/mol. The molecule has 1 aliphatic heterocycles. The Hall–Kier alpha value is -3.68. The lowest BCUT2D eigenvalue weighted by Gasteiger charge is -2.37. The summed E-state index contributed by atoms with van der Waals surface area (Å²) in [5, 5.41) is 21.2. The van der Waals surface area contributed by atoms with Gasteiger partial charge in [-0.2, -0.15) is 0 Å². The number of ether oxygens (including phenoxy) is 1. The van der Waals surface area contributed by atoms with Gasteiger partial charge in [0.1, 0.15) is 23.0 Å². The van der Waals surface area contributed by atoms with E-state index >= 15 is 0 Å². The normalized spacial score (nSPS) is 18.7. The van der Waals surface area contributed by atoms with Crippen LogP contribution in [0.15, 0.2) is 35.7 Å². The van der Waals surface area contributed by atoms with Gasteiger partial charge in [0.15, 0.2) is 6.10 Å². The number of carbonyl (C=O) groups is 5. The van der Waals surface area contributed by atoms with E-state index < -0.39 is 41.5 Å². The van der Waals surface area contributed by atoms with Gasteiger partial charge < -0.3 is 35.5 Å². The predicted molar refractivity (Wildman–Crippen MR) is 197 cm³/mol. The first-order chi connectivity index (χ1) is 24.2. The molecule has 7 atom stereocenters. The maximum atomic E-state index is 14.1. The van der Waals surface area contributed by atoms with E-state index in [1.165, 1.54) is 18.3 Å². The molecule has 3 amide bonds. The van der Waals surface area contributed by atoms with E-state index in [1.54, 1.807) is 24.3 Å². The van der Waals surface area contributed by atoms with Crippen LogP contribution in [0, 0.1) is 17.3 Å². The Kier molecular flexibility index (Phi) is 16.2. The highest BCUT2D eigenvalue weighted by atomic mass is 32.1. The summed E-state index contributed by atoms with van der Waals surface area (Å²) in [5.41, 5.74) is 0.0459. The Labute approximate surface area is 306 Å². The number of amides is 3. The highest BCUT2D eigenvalue weighted by Crippen LogP contribution is 2.31. The molecule has 0 aliphatic carbocycles. The van der Waals surface area contributed by atoms with Crippen molar-refractivity contribution in [1.82, 2.24) is 25.8 Å². The second kappa shape index (κ2) is 19.8. The van der Waals surface area contributed by atoms with Gasteiger partial charge in [-0.15, -0.1) is 11.3 Å². The summed E-state index contributed by atoms with van der Waals surface area (Å²) in [5.74, 6) is -1.54. The first-order valence-corrected chi connectivity index (χ1v) is 18.9. The van der Waals surface area contributed by atoms with Gasteiger partial charge in [-0.1, -0.05) is 77.8 Å². The number of nitrogens with zero attached hydrogens (tertiary/aromatic N) is 2. The summed E-state index contributed by atoms with van der Waals surface area (Å²) in [4.78, 5) is 71.2. The second-order valence-corrected chi connectivity index (χ2v) is 15.4. The van der Waals surface area contributed by atoms with Crippen molar-refractivity contribution in [3.8, 4) is 0 Å². The number of nitrogens with one attached hydrogen (secondary N) is 3. The van der Waals surface area contributed by atoms with Gasteiger partial charge in [-0.25, -0.2) is 4.98 Å². The first-order valence-electron chi connectivity index (χ1n) is 18.1. The molecule has 13 heteroatoms. The minimum atomic E-state index is -1.04. The molecule has 0 radical (unpaired) electrons. The Morgan fingerprint density at radius 3 is 2.43 bits per heavy atom. The van der Waals surface area contributed by atoms with Crippen LogP contribution in [0.1, 0.15) is 107 Å². The van der Waals surface area contributed by atoms with Gasteiger partial charge in [0, 0.05) is 43.3 Å². The van der Waals surface area contributed by atoms with E-state index in [0.29, 0.717) is 24.1 Å². The third-order valence-corrected chi connectivity index (χ3v) is 10.8. The molecule has 1 fully saturated rings. The van der Waals surface area contributed by atoms with Crippen molar-refractivity contribution < 1.29 is 33.8 Å². The molecular formula is C38H57N5O7S. The van der Waals surface area contributed by atoms with E-state index in [4.69, 9.17) is 4.74 Å². The quantitative estimate of drug-likeness (QED) is 0.122. The summed E-state index contributed by atoms with van der Waals surface area (Å²) in [6.07, 6.45) is 4.14. The fourth-order valence-electron chi connectivity index (χ4n) is 6.48. The third-order valence-electron chi connectivity index (χ3n) is 9.83. The van der Waals surface area contributed by atoms with Gasteiger partial charge in [0.25, 0.3) is 5.91 Å². The zero-order valence-electron chi connectivity index (χ0n) is 31.1. The molecule has 282 valence electrons. The number of aliphatic hydroxyl groups excluding tert-OH is 1. The number of rotatable bonds is 19. The van der Waals surface area contributed by atoms with E-state index in [-0.39, 0.29) is 54.8 Å². The minimum absolute atomic E-state index is 0.0505. The predicted octanol–water partition coefficient (Wildman–Crippen LogP) is 4.22. The standard InChI is InChI=1S/C38H57N5O7S/c1-8-25(4)33(42-34(47)29-16-12-13-17-39-29)37(49)43(7)31(24(2)3)19-32(50-26(5)46)36-41-30(21-51-36)35(48)40-28(20-38(6,22-44)23-45)18-27-14-10-9-11-15-27/h9-11,14-15,21-22,24-25,28-29,31-33,39,45H,8,12-13,16-20,23H2,1-7H3,(H,40,48)(H,42,47)/t25-,28-,29+,31+,32+,33-,38-/m0/s1. The Morgan fingerprint density at radius 2 is 1.86 bits per heavy atom. The molecule has 0 unspecified atom stereocenters. The molecule has 0 saturated carbocycles. The molecule has 0 bridgehead atoms.